The molecule has 0 spiro atoms. The molecule has 0 aliphatic rings. The topological polar surface area (TPSA) is 80.0 Å². The van der Waals surface area contributed by atoms with Gasteiger partial charge in [-0.15, -0.1) is 0 Å². The summed E-state index contributed by atoms with van der Waals surface area (Å²) in [5.74, 6) is 0. The zero-order valence-corrected chi connectivity index (χ0v) is 15.1. The molecule has 134 valence electrons. The number of carbonyl (C=O) groups excluding carboxylic acids is 1. The first-order valence-electron chi connectivity index (χ1n) is 8.41. The number of unbranched alkanes of at least 4 members (excludes halogenated alkanes) is 1. The maximum absolute atomic E-state index is 11.8. The van der Waals surface area contributed by atoms with E-state index in [1.54, 1.807) is 12.1 Å². The average Bonchev–Trinajstić information content (AvgIpc) is 3.13. The van der Waals surface area contributed by atoms with Gasteiger partial charge in [0.1, 0.15) is 11.4 Å². The summed E-state index contributed by atoms with van der Waals surface area (Å²) in [6, 6.07) is 14.4. The van der Waals surface area contributed by atoms with Crippen molar-refractivity contribution < 1.29 is 9.42 Å². The van der Waals surface area contributed by atoms with E-state index >= 15 is 0 Å². The Morgan fingerprint density at radius 2 is 1.58 bits per heavy atom. The fourth-order valence-electron chi connectivity index (χ4n) is 2.44. The largest absolute Gasteiger partial charge is 0.338 e. The summed E-state index contributed by atoms with van der Waals surface area (Å²) in [4.78, 5) is 11.8. The highest BCUT2D eigenvalue weighted by molar-refractivity contribution is 6.30. The number of carbonyl (C=O) groups is 1. The predicted octanol–water partition coefficient (Wildman–Crippen LogP) is 4.98. The van der Waals surface area contributed by atoms with Crippen LogP contribution in [0.15, 0.2) is 53.2 Å². The molecule has 0 radical (unpaired) electrons. The van der Waals surface area contributed by atoms with Gasteiger partial charge in [0.15, 0.2) is 0 Å². The number of benzene rings is 2. The van der Waals surface area contributed by atoms with Crippen molar-refractivity contribution in [2.45, 2.75) is 19.8 Å². The smallest absolute Gasteiger partial charge is 0.319 e. The van der Waals surface area contributed by atoms with Gasteiger partial charge >= 0.3 is 6.03 Å². The van der Waals surface area contributed by atoms with Crippen molar-refractivity contribution in [2.75, 3.05) is 11.9 Å². The van der Waals surface area contributed by atoms with Gasteiger partial charge in [-0.25, -0.2) is 9.42 Å². The molecule has 0 saturated carbocycles. The fraction of sp³-hybridized carbons (Fsp3) is 0.211. The van der Waals surface area contributed by atoms with Crippen molar-refractivity contribution in [1.82, 2.24) is 15.6 Å². The number of urea groups is 1. The van der Waals surface area contributed by atoms with Crippen LogP contribution in [0, 0.1) is 0 Å². The highest BCUT2D eigenvalue weighted by Gasteiger charge is 2.14. The normalized spacial score (nSPS) is 10.5. The summed E-state index contributed by atoms with van der Waals surface area (Å²) in [5, 5.41) is 14.3. The van der Waals surface area contributed by atoms with E-state index in [1.807, 2.05) is 36.4 Å². The van der Waals surface area contributed by atoms with Gasteiger partial charge in [0.05, 0.1) is 0 Å². The first-order chi connectivity index (χ1) is 12.7. The SMILES string of the molecule is CCCCNC(=O)Nc1ccc(-c2nonc2-c2ccc(Cl)cc2)cc1. The molecule has 6 nitrogen and oxygen atoms in total. The Hall–Kier alpha value is -2.86. The number of anilines is 1. The minimum atomic E-state index is -0.212. The average molecular weight is 371 g/mol. The number of nitrogens with one attached hydrogen (secondary N) is 2. The maximum Gasteiger partial charge on any atom is 0.319 e. The minimum absolute atomic E-state index is 0.212. The van der Waals surface area contributed by atoms with Crippen LogP contribution in [0.4, 0.5) is 10.5 Å². The molecular formula is C19H19ClN4O2. The molecule has 0 unspecified atom stereocenters. The first-order valence-corrected chi connectivity index (χ1v) is 8.79. The van der Waals surface area contributed by atoms with Crippen LogP contribution in [-0.4, -0.2) is 22.9 Å². The van der Waals surface area contributed by atoms with Gasteiger partial charge in [-0.2, -0.15) is 0 Å². The predicted molar refractivity (Wildman–Crippen MR) is 102 cm³/mol. The molecule has 0 atom stereocenters. The summed E-state index contributed by atoms with van der Waals surface area (Å²) >= 11 is 5.93. The molecule has 0 aliphatic heterocycles. The number of halogens is 1. The van der Waals surface area contributed by atoms with Crippen molar-refractivity contribution >= 4 is 23.3 Å². The highest BCUT2D eigenvalue weighted by Crippen LogP contribution is 2.30. The van der Waals surface area contributed by atoms with Gasteiger partial charge in [0.2, 0.25) is 0 Å². The number of aromatic nitrogens is 2. The number of hydrogen-bond acceptors (Lipinski definition) is 4. The van der Waals surface area contributed by atoms with Gasteiger partial charge < -0.3 is 10.6 Å². The zero-order valence-electron chi connectivity index (χ0n) is 14.3. The maximum atomic E-state index is 11.8. The van der Waals surface area contributed by atoms with Gasteiger partial charge in [-0.05, 0) is 41.0 Å². The lowest BCUT2D eigenvalue weighted by atomic mass is 10.0. The van der Waals surface area contributed by atoms with E-state index in [4.69, 9.17) is 16.2 Å². The minimum Gasteiger partial charge on any atom is -0.338 e. The second-order valence-corrected chi connectivity index (χ2v) is 6.22. The van der Waals surface area contributed by atoms with E-state index in [1.165, 1.54) is 0 Å². The molecule has 2 N–H and O–H groups in total. The Balaban J connectivity index is 1.72. The molecule has 3 rings (SSSR count). The molecule has 2 amide bonds. The number of rotatable bonds is 6. The first kappa shape index (κ1) is 17.9. The monoisotopic (exact) mass is 370 g/mol. The lowest BCUT2D eigenvalue weighted by Crippen LogP contribution is -2.29. The summed E-state index contributed by atoms with van der Waals surface area (Å²) in [7, 11) is 0. The van der Waals surface area contributed by atoms with E-state index in [9.17, 15) is 4.79 Å². The molecule has 0 saturated heterocycles. The van der Waals surface area contributed by atoms with E-state index in [2.05, 4.69) is 27.9 Å². The van der Waals surface area contributed by atoms with Gasteiger partial charge in [-0.3, -0.25) is 0 Å². The number of amides is 2. The summed E-state index contributed by atoms with van der Waals surface area (Å²) in [6.07, 6.45) is 2.00. The quantitative estimate of drug-likeness (QED) is 0.600. The van der Waals surface area contributed by atoms with Crippen LogP contribution in [0.3, 0.4) is 0 Å². The molecule has 1 heterocycles. The number of nitrogens with zero attached hydrogens (tertiary/aromatic N) is 2. The van der Waals surface area contributed by atoms with E-state index in [0.29, 0.717) is 28.6 Å². The molecule has 3 aromatic rings. The molecule has 0 bridgehead atoms. The second kappa shape index (κ2) is 8.49. The van der Waals surface area contributed by atoms with Crippen molar-refractivity contribution in [2.24, 2.45) is 0 Å². The third-order valence-electron chi connectivity index (χ3n) is 3.84. The van der Waals surface area contributed by atoms with Crippen LogP contribution in [0.5, 0.6) is 0 Å². The van der Waals surface area contributed by atoms with Crippen LogP contribution >= 0.6 is 11.6 Å². The molecular weight excluding hydrogens is 352 g/mol. The standard InChI is InChI=1S/C19H19ClN4O2/c1-2-3-12-21-19(25)22-16-10-6-14(7-11-16)18-17(23-26-24-18)13-4-8-15(20)9-5-13/h4-11H,2-3,12H2,1H3,(H2,21,22,25). The van der Waals surface area contributed by atoms with Gasteiger partial charge in [0.25, 0.3) is 0 Å². The van der Waals surface area contributed by atoms with Crippen molar-refractivity contribution in [3.05, 3.63) is 53.6 Å². The van der Waals surface area contributed by atoms with Crippen molar-refractivity contribution in [3.63, 3.8) is 0 Å². The summed E-state index contributed by atoms with van der Waals surface area (Å²) < 4.78 is 4.92. The Morgan fingerprint density at radius 1 is 1.00 bits per heavy atom. The molecule has 2 aromatic carbocycles. The van der Waals surface area contributed by atoms with Crippen LogP contribution in [0.1, 0.15) is 19.8 Å². The third-order valence-corrected chi connectivity index (χ3v) is 4.09. The van der Waals surface area contributed by atoms with E-state index < -0.39 is 0 Å². The molecule has 26 heavy (non-hydrogen) atoms. The Labute approximate surface area is 156 Å². The van der Waals surface area contributed by atoms with Crippen molar-refractivity contribution in [1.29, 1.82) is 0 Å². The van der Waals surface area contributed by atoms with Crippen LogP contribution in [0.2, 0.25) is 5.02 Å². The van der Waals surface area contributed by atoms with Crippen LogP contribution in [-0.2, 0) is 0 Å². The van der Waals surface area contributed by atoms with Gasteiger partial charge in [0, 0.05) is 28.4 Å². The number of hydrogen-bond donors (Lipinski definition) is 2. The lowest BCUT2D eigenvalue weighted by Gasteiger charge is -2.07. The fourth-order valence-corrected chi connectivity index (χ4v) is 2.57. The summed E-state index contributed by atoms with van der Waals surface area (Å²) in [6.45, 7) is 2.74. The van der Waals surface area contributed by atoms with Crippen molar-refractivity contribution in [3.8, 4) is 22.5 Å². The zero-order chi connectivity index (χ0) is 18.4. The van der Waals surface area contributed by atoms with Gasteiger partial charge in [-0.1, -0.05) is 49.2 Å². The van der Waals surface area contributed by atoms with Crippen LogP contribution < -0.4 is 10.6 Å². The lowest BCUT2D eigenvalue weighted by molar-refractivity contribution is 0.252. The molecule has 7 heteroatoms. The molecule has 0 fully saturated rings. The Morgan fingerprint density at radius 3 is 2.15 bits per heavy atom. The second-order valence-electron chi connectivity index (χ2n) is 5.78. The molecule has 1 aromatic heterocycles. The van der Waals surface area contributed by atoms with E-state index in [0.717, 1.165) is 24.0 Å². The highest BCUT2D eigenvalue weighted by atomic mass is 35.5. The van der Waals surface area contributed by atoms with Crippen LogP contribution in [0.25, 0.3) is 22.5 Å². The van der Waals surface area contributed by atoms with E-state index in [-0.39, 0.29) is 6.03 Å². The summed E-state index contributed by atoms with van der Waals surface area (Å²) in [5.41, 5.74) is 3.68. The molecule has 0 aliphatic carbocycles. The Kier molecular flexibility index (Phi) is 5.86. The Bertz CT molecular complexity index is 860. The third kappa shape index (κ3) is 4.40.